The van der Waals surface area contributed by atoms with Crippen LogP contribution >= 0.6 is 0 Å². The van der Waals surface area contributed by atoms with Crippen LogP contribution in [0.2, 0.25) is 0 Å². The molecule has 0 aromatic heterocycles. The van der Waals surface area contributed by atoms with Gasteiger partial charge >= 0.3 is 5.97 Å². The fraction of sp³-hybridized carbons (Fsp3) is 0.550. The lowest BCUT2D eigenvalue weighted by atomic mass is 9.75. The molecule has 2 amide bonds. The van der Waals surface area contributed by atoms with Gasteiger partial charge < -0.3 is 20.7 Å². The Labute approximate surface area is 160 Å². The van der Waals surface area contributed by atoms with Gasteiger partial charge in [0.15, 0.2) is 0 Å². The van der Waals surface area contributed by atoms with E-state index < -0.39 is 17.9 Å². The molecule has 3 N–H and O–H groups in total. The van der Waals surface area contributed by atoms with Crippen LogP contribution in [0.25, 0.3) is 0 Å². The lowest BCUT2D eigenvalue weighted by Gasteiger charge is -2.50. The molecule has 0 unspecified atom stereocenters. The number of rotatable bonds is 8. The summed E-state index contributed by atoms with van der Waals surface area (Å²) in [5.41, 5.74) is 6.62. The second-order valence-corrected chi connectivity index (χ2v) is 7.46. The third kappa shape index (κ3) is 4.86. The Morgan fingerprint density at radius 2 is 1.85 bits per heavy atom. The molecule has 0 radical (unpaired) electrons. The number of ether oxygens (including phenoxy) is 1. The molecule has 7 nitrogen and oxygen atoms in total. The number of carbonyl (C=O) groups is 3. The number of benzene rings is 1. The number of nitrogens with zero attached hydrogens (tertiary/aromatic N) is 1. The van der Waals surface area contributed by atoms with Crippen LogP contribution in [0.15, 0.2) is 30.3 Å². The summed E-state index contributed by atoms with van der Waals surface area (Å²) in [4.78, 5) is 38.4. The molecule has 1 heterocycles. The zero-order valence-corrected chi connectivity index (χ0v) is 16.3. The van der Waals surface area contributed by atoms with E-state index in [-0.39, 0.29) is 36.4 Å². The first-order valence-corrected chi connectivity index (χ1v) is 9.24. The van der Waals surface area contributed by atoms with Crippen LogP contribution in [0.3, 0.4) is 0 Å². The second kappa shape index (κ2) is 8.99. The van der Waals surface area contributed by atoms with Gasteiger partial charge in [0.25, 0.3) is 0 Å². The van der Waals surface area contributed by atoms with E-state index in [4.69, 9.17) is 10.5 Å². The standard InChI is InChI=1S/C20H29N3O4/c1-12(2)10-15(22-19(25)13(3)21)17-18(14-8-6-5-7-9-14)23(20(17)26)11-16(24)27-4/h5-9,12-13,15,17-18H,10-11,21H2,1-4H3,(H,22,25)/t13-,15-,17+,18+/m0/s1. The van der Waals surface area contributed by atoms with E-state index in [0.717, 1.165) is 5.56 Å². The molecule has 1 saturated heterocycles. The Hall–Kier alpha value is -2.41. The molecule has 1 aromatic carbocycles. The van der Waals surface area contributed by atoms with Gasteiger partial charge in [0.1, 0.15) is 6.54 Å². The highest BCUT2D eigenvalue weighted by Crippen LogP contribution is 2.43. The summed E-state index contributed by atoms with van der Waals surface area (Å²) >= 11 is 0. The molecule has 148 valence electrons. The number of hydrogen-bond acceptors (Lipinski definition) is 5. The molecule has 1 aromatic rings. The molecule has 0 aliphatic carbocycles. The summed E-state index contributed by atoms with van der Waals surface area (Å²) in [6.45, 7) is 5.58. The zero-order valence-electron chi connectivity index (χ0n) is 16.3. The summed E-state index contributed by atoms with van der Waals surface area (Å²) in [6.07, 6.45) is 0.643. The number of esters is 1. The normalized spacial score (nSPS) is 21.4. The van der Waals surface area contributed by atoms with Crippen LogP contribution in [0.4, 0.5) is 0 Å². The van der Waals surface area contributed by atoms with Gasteiger partial charge in [-0.05, 0) is 24.8 Å². The predicted octanol–water partition coefficient (Wildman–Crippen LogP) is 1.24. The van der Waals surface area contributed by atoms with Crippen molar-refractivity contribution in [3.8, 4) is 0 Å². The summed E-state index contributed by atoms with van der Waals surface area (Å²) < 4.78 is 4.73. The van der Waals surface area contributed by atoms with E-state index in [0.29, 0.717) is 6.42 Å². The molecule has 0 spiro atoms. The SMILES string of the molecule is COC(=O)CN1C(=O)[C@H]([C@H](CC(C)C)NC(=O)[C@H](C)N)[C@H]1c1ccccc1. The number of hydrogen-bond donors (Lipinski definition) is 2. The van der Waals surface area contributed by atoms with Gasteiger partial charge in [0.2, 0.25) is 11.8 Å². The fourth-order valence-corrected chi connectivity index (χ4v) is 3.50. The number of nitrogens with one attached hydrogen (secondary N) is 1. The van der Waals surface area contributed by atoms with Gasteiger partial charge in [0, 0.05) is 6.04 Å². The van der Waals surface area contributed by atoms with Gasteiger partial charge in [-0.2, -0.15) is 0 Å². The Kier molecular flexibility index (Phi) is 6.96. The maximum atomic E-state index is 12.9. The molecule has 0 bridgehead atoms. The van der Waals surface area contributed by atoms with Crippen molar-refractivity contribution in [3.63, 3.8) is 0 Å². The predicted molar refractivity (Wildman–Crippen MR) is 101 cm³/mol. The number of likely N-dealkylation sites (tertiary alicyclic amines) is 1. The third-order valence-corrected chi connectivity index (χ3v) is 4.81. The molecule has 2 rings (SSSR count). The summed E-state index contributed by atoms with van der Waals surface area (Å²) in [5, 5.41) is 2.94. The van der Waals surface area contributed by atoms with Crippen LogP contribution in [-0.2, 0) is 19.1 Å². The van der Waals surface area contributed by atoms with Crippen molar-refractivity contribution < 1.29 is 19.1 Å². The first kappa shape index (κ1) is 20.9. The average molecular weight is 375 g/mol. The highest BCUT2D eigenvalue weighted by Gasteiger charge is 2.52. The van der Waals surface area contributed by atoms with E-state index in [1.807, 2.05) is 44.2 Å². The highest BCUT2D eigenvalue weighted by atomic mass is 16.5. The van der Waals surface area contributed by atoms with E-state index >= 15 is 0 Å². The molecule has 0 saturated carbocycles. The maximum absolute atomic E-state index is 12.9. The van der Waals surface area contributed by atoms with Gasteiger partial charge in [-0.25, -0.2) is 0 Å². The molecular weight excluding hydrogens is 346 g/mol. The molecule has 27 heavy (non-hydrogen) atoms. The Morgan fingerprint density at radius 3 is 2.37 bits per heavy atom. The number of amides is 2. The smallest absolute Gasteiger partial charge is 0.325 e. The minimum atomic E-state index is -0.656. The summed E-state index contributed by atoms with van der Waals surface area (Å²) in [5.74, 6) is -1.08. The van der Waals surface area contributed by atoms with Crippen molar-refractivity contribution >= 4 is 17.8 Å². The first-order chi connectivity index (χ1) is 12.8. The first-order valence-electron chi connectivity index (χ1n) is 9.24. The molecule has 1 aliphatic rings. The topological polar surface area (TPSA) is 102 Å². The van der Waals surface area contributed by atoms with Gasteiger partial charge in [-0.3, -0.25) is 14.4 Å². The zero-order chi connectivity index (χ0) is 20.1. The minimum Gasteiger partial charge on any atom is -0.468 e. The largest absolute Gasteiger partial charge is 0.468 e. The molecular formula is C20H29N3O4. The van der Waals surface area contributed by atoms with Crippen molar-refractivity contribution in [2.75, 3.05) is 13.7 Å². The molecule has 1 fully saturated rings. The van der Waals surface area contributed by atoms with Gasteiger partial charge in [-0.15, -0.1) is 0 Å². The van der Waals surface area contributed by atoms with Crippen molar-refractivity contribution in [2.45, 2.75) is 45.3 Å². The third-order valence-electron chi connectivity index (χ3n) is 4.81. The van der Waals surface area contributed by atoms with Gasteiger partial charge in [0.05, 0.1) is 25.1 Å². The van der Waals surface area contributed by atoms with E-state index in [1.165, 1.54) is 12.0 Å². The second-order valence-electron chi connectivity index (χ2n) is 7.46. The van der Waals surface area contributed by atoms with E-state index in [1.54, 1.807) is 6.92 Å². The van der Waals surface area contributed by atoms with Crippen LogP contribution in [0.1, 0.15) is 38.8 Å². The summed E-state index contributed by atoms with van der Waals surface area (Å²) in [7, 11) is 1.30. The number of carbonyl (C=O) groups excluding carboxylic acids is 3. The number of β-lactam (4-membered cyclic amide) rings is 1. The quantitative estimate of drug-likeness (QED) is 0.526. The highest BCUT2D eigenvalue weighted by molar-refractivity contribution is 5.91. The lowest BCUT2D eigenvalue weighted by molar-refractivity contribution is -0.167. The maximum Gasteiger partial charge on any atom is 0.325 e. The fourth-order valence-electron chi connectivity index (χ4n) is 3.50. The van der Waals surface area contributed by atoms with Crippen molar-refractivity contribution in [2.24, 2.45) is 17.6 Å². The Balaban J connectivity index is 2.32. The van der Waals surface area contributed by atoms with Crippen molar-refractivity contribution in [1.82, 2.24) is 10.2 Å². The monoisotopic (exact) mass is 375 g/mol. The molecule has 4 atom stereocenters. The molecule has 7 heteroatoms. The Bertz CT molecular complexity index is 675. The van der Waals surface area contributed by atoms with Crippen LogP contribution in [0.5, 0.6) is 0 Å². The van der Waals surface area contributed by atoms with Crippen LogP contribution in [-0.4, -0.2) is 48.4 Å². The van der Waals surface area contributed by atoms with Crippen LogP contribution < -0.4 is 11.1 Å². The molecule has 1 aliphatic heterocycles. The number of methoxy groups -OCH3 is 1. The number of nitrogens with two attached hydrogens (primary N) is 1. The Morgan fingerprint density at radius 1 is 1.22 bits per heavy atom. The lowest BCUT2D eigenvalue weighted by Crippen LogP contribution is -2.64. The van der Waals surface area contributed by atoms with Crippen molar-refractivity contribution in [3.05, 3.63) is 35.9 Å². The van der Waals surface area contributed by atoms with Crippen LogP contribution in [0, 0.1) is 11.8 Å². The van der Waals surface area contributed by atoms with E-state index in [2.05, 4.69) is 5.32 Å². The average Bonchev–Trinajstić information content (AvgIpc) is 2.63. The van der Waals surface area contributed by atoms with E-state index in [9.17, 15) is 14.4 Å². The minimum absolute atomic E-state index is 0.110. The van der Waals surface area contributed by atoms with Gasteiger partial charge in [-0.1, -0.05) is 44.2 Å². The van der Waals surface area contributed by atoms with Crippen molar-refractivity contribution in [1.29, 1.82) is 0 Å². The summed E-state index contributed by atoms with van der Waals surface area (Å²) in [6, 6.07) is 8.23.